The first kappa shape index (κ1) is 45.3. The van der Waals surface area contributed by atoms with Crippen LogP contribution in [-0.4, -0.2) is 80.1 Å². The lowest BCUT2D eigenvalue weighted by molar-refractivity contribution is -0.188. The van der Waals surface area contributed by atoms with Gasteiger partial charge in [-0.15, -0.1) is 0 Å². The standard InChI is InChI=1S/C38H74N2O7/c1-3-5-7-9-11-13-15-17-19-21-23-25-27-29-36(44)39(34(31-41)32-42)40(35(33-43)38(46)47)37(45)30-28-26-24-22-20-18-16-14-12-10-8-6-4-2/h34-35,41-43H,3-33H2,1-2H3,(H,46,47)/t35-/m0/s1. The second-order valence-corrected chi connectivity index (χ2v) is 13.5. The van der Waals surface area contributed by atoms with Gasteiger partial charge < -0.3 is 20.4 Å². The van der Waals surface area contributed by atoms with Crippen molar-refractivity contribution in [3.05, 3.63) is 0 Å². The molecule has 0 heterocycles. The highest BCUT2D eigenvalue weighted by Crippen LogP contribution is 2.19. The Kier molecular flexibility index (Phi) is 31.6. The molecule has 0 unspecified atom stereocenters. The lowest BCUT2D eigenvalue weighted by Gasteiger charge is -2.41. The number of carbonyl (C=O) groups is 3. The summed E-state index contributed by atoms with van der Waals surface area (Å²) in [6, 6.07) is -2.85. The minimum atomic E-state index is -1.68. The van der Waals surface area contributed by atoms with Gasteiger partial charge in [-0.25, -0.2) is 14.8 Å². The van der Waals surface area contributed by atoms with Gasteiger partial charge in [-0.3, -0.25) is 9.59 Å². The number of hydrogen-bond donors (Lipinski definition) is 4. The molecule has 0 aromatic rings. The summed E-state index contributed by atoms with van der Waals surface area (Å²) >= 11 is 0. The lowest BCUT2D eigenvalue weighted by Crippen LogP contribution is -2.63. The molecule has 47 heavy (non-hydrogen) atoms. The van der Waals surface area contributed by atoms with Crippen LogP contribution in [0.3, 0.4) is 0 Å². The fourth-order valence-electron chi connectivity index (χ4n) is 6.23. The van der Waals surface area contributed by atoms with Gasteiger partial charge in [-0.2, -0.15) is 0 Å². The van der Waals surface area contributed by atoms with Crippen LogP contribution in [0.4, 0.5) is 0 Å². The first-order valence-electron chi connectivity index (χ1n) is 19.6. The summed E-state index contributed by atoms with van der Waals surface area (Å²) < 4.78 is 0. The van der Waals surface area contributed by atoms with E-state index in [2.05, 4.69) is 13.8 Å². The van der Waals surface area contributed by atoms with Gasteiger partial charge in [0.2, 0.25) is 11.8 Å². The third-order valence-corrected chi connectivity index (χ3v) is 9.25. The monoisotopic (exact) mass is 671 g/mol. The number of rotatable bonds is 34. The Hall–Kier alpha value is -1.71. The Balaban J connectivity index is 4.76. The fraction of sp³-hybridized carbons (Fsp3) is 0.921. The van der Waals surface area contributed by atoms with E-state index in [1.807, 2.05) is 0 Å². The number of hydrogen-bond acceptors (Lipinski definition) is 6. The Morgan fingerprint density at radius 2 is 0.702 bits per heavy atom. The van der Waals surface area contributed by atoms with Crippen LogP contribution in [-0.2, 0) is 14.4 Å². The summed E-state index contributed by atoms with van der Waals surface area (Å²) in [7, 11) is 0. The molecular formula is C38H74N2O7. The highest BCUT2D eigenvalue weighted by atomic mass is 16.4. The van der Waals surface area contributed by atoms with Gasteiger partial charge in [-0.1, -0.05) is 168 Å². The van der Waals surface area contributed by atoms with Crippen LogP contribution in [0.1, 0.15) is 194 Å². The average molecular weight is 671 g/mol. The maximum Gasteiger partial charge on any atom is 0.330 e. The molecule has 0 aromatic carbocycles. The Morgan fingerprint density at radius 1 is 0.426 bits per heavy atom. The molecule has 1 atom stereocenters. The molecule has 0 saturated heterocycles. The van der Waals surface area contributed by atoms with E-state index in [1.165, 1.54) is 109 Å². The molecule has 0 bridgehead atoms. The quantitative estimate of drug-likeness (QED) is 0.0399. The van der Waals surface area contributed by atoms with E-state index in [0.717, 1.165) is 55.0 Å². The van der Waals surface area contributed by atoms with E-state index in [4.69, 9.17) is 0 Å². The van der Waals surface area contributed by atoms with E-state index >= 15 is 0 Å². The normalized spacial score (nSPS) is 12.0. The van der Waals surface area contributed by atoms with Crippen LogP contribution in [0.15, 0.2) is 0 Å². The topological polar surface area (TPSA) is 139 Å². The zero-order valence-corrected chi connectivity index (χ0v) is 30.5. The average Bonchev–Trinajstić information content (AvgIpc) is 3.06. The number of aliphatic carboxylic acids is 1. The van der Waals surface area contributed by atoms with Gasteiger partial charge in [0.05, 0.1) is 25.9 Å². The van der Waals surface area contributed by atoms with Crippen molar-refractivity contribution in [1.82, 2.24) is 10.0 Å². The van der Waals surface area contributed by atoms with Crippen molar-refractivity contribution in [2.75, 3.05) is 19.8 Å². The van der Waals surface area contributed by atoms with Crippen molar-refractivity contribution >= 4 is 17.8 Å². The van der Waals surface area contributed by atoms with Crippen molar-refractivity contribution in [3.8, 4) is 0 Å². The van der Waals surface area contributed by atoms with Crippen LogP contribution in [0.5, 0.6) is 0 Å². The van der Waals surface area contributed by atoms with Crippen LogP contribution in [0.25, 0.3) is 0 Å². The van der Waals surface area contributed by atoms with Crippen molar-refractivity contribution in [3.63, 3.8) is 0 Å². The summed E-state index contributed by atoms with van der Waals surface area (Å²) in [6.07, 6.45) is 30.0. The number of unbranched alkanes of at least 4 members (excludes halogenated alkanes) is 24. The van der Waals surface area contributed by atoms with Crippen molar-refractivity contribution in [2.45, 2.75) is 206 Å². The first-order chi connectivity index (χ1) is 22.9. The molecule has 0 spiro atoms. The smallest absolute Gasteiger partial charge is 0.330 e. The largest absolute Gasteiger partial charge is 0.480 e. The molecule has 4 N–H and O–H groups in total. The van der Waals surface area contributed by atoms with Crippen LogP contribution < -0.4 is 0 Å². The first-order valence-corrected chi connectivity index (χ1v) is 19.6. The van der Waals surface area contributed by atoms with E-state index in [0.29, 0.717) is 12.8 Å². The predicted molar refractivity (Wildman–Crippen MR) is 191 cm³/mol. The maximum absolute atomic E-state index is 13.4. The van der Waals surface area contributed by atoms with E-state index in [1.54, 1.807) is 0 Å². The van der Waals surface area contributed by atoms with Gasteiger partial charge in [0.1, 0.15) is 0 Å². The molecule has 278 valence electrons. The van der Waals surface area contributed by atoms with Gasteiger partial charge in [0, 0.05) is 12.8 Å². The van der Waals surface area contributed by atoms with Gasteiger partial charge in [0.15, 0.2) is 6.04 Å². The van der Waals surface area contributed by atoms with Crippen LogP contribution in [0, 0.1) is 0 Å². The number of carboxylic acid groups (broad SMARTS) is 1. The molecule has 0 rings (SSSR count). The number of carboxylic acids is 1. The Bertz CT molecular complexity index is 748. The van der Waals surface area contributed by atoms with Crippen molar-refractivity contribution in [2.24, 2.45) is 0 Å². The lowest BCUT2D eigenvalue weighted by atomic mass is 10.0. The maximum atomic E-state index is 13.4. The molecule has 9 nitrogen and oxygen atoms in total. The van der Waals surface area contributed by atoms with Gasteiger partial charge >= 0.3 is 5.97 Å². The van der Waals surface area contributed by atoms with Gasteiger partial charge in [0.25, 0.3) is 0 Å². The van der Waals surface area contributed by atoms with Crippen LogP contribution >= 0.6 is 0 Å². The highest BCUT2D eigenvalue weighted by Gasteiger charge is 2.39. The molecule has 0 aliphatic heterocycles. The van der Waals surface area contributed by atoms with E-state index in [9.17, 15) is 34.8 Å². The molecule has 9 heteroatoms. The van der Waals surface area contributed by atoms with E-state index < -0.39 is 49.7 Å². The zero-order valence-electron chi connectivity index (χ0n) is 30.5. The fourth-order valence-corrected chi connectivity index (χ4v) is 6.23. The second-order valence-electron chi connectivity index (χ2n) is 13.5. The SMILES string of the molecule is CCCCCCCCCCCCCCCC(=O)N(C(CO)CO)N(C(=O)CCCCCCCCCCCCCCC)[C@@H](CO)C(=O)O. The molecule has 2 amide bonds. The van der Waals surface area contributed by atoms with E-state index in [-0.39, 0.29) is 12.8 Å². The summed E-state index contributed by atoms with van der Waals surface area (Å²) in [5.41, 5.74) is 0. The Labute approximate surface area is 287 Å². The second kappa shape index (κ2) is 32.8. The van der Waals surface area contributed by atoms with Crippen LogP contribution in [0.2, 0.25) is 0 Å². The predicted octanol–water partition coefficient (Wildman–Crippen LogP) is 8.32. The summed E-state index contributed by atoms with van der Waals surface area (Å²) in [5, 5.41) is 41.3. The number of carbonyl (C=O) groups excluding carboxylic acids is 2. The molecule has 0 radical (unpaired) electrons. The minimum absolute atomic E-state index is 0.0215. The highest BCUT2D eigenvalue weighted by molar-refractivity contribution is 5.87. The molecular weight excluding hydrogens is 596 g/mol. The van der Waals surface area contributed by atoms with Gasteiger partial charge in [-0.05, 0) is 12.8 Å². The Morgan fingerprint density at radius 3 is 0.957 bits per heavy atom. The summed E-state index contributed by atoms with van der Waals surface area (Å²) in [6.45, 7) is 2.31. The van der Waals surface area contributed by atoms with Crippen molar-refractivity contribution in [1.29, 1.82) is 0 Å². The number of amides is 2. The molecule has 0 fully saturated rings. The van der Waals surface area contributed by atoms with Crippen molar-refractivity contribution < 1.29 is 34.8 Å². The molecule has 0 aliphatic rings. The third-order valence-electron chi connectivity index (χ3n) is 9.25. The number of aliphatic hydroxyl groups excluding tert-OH is 3. The zero-order chi connectivity index (χ0) is 35.0. The minimum Gasteiger partial charge on any atom is -0.480 e. The number of aliphatic hydroxyl groups is 3. The summed E-state index contributed by atoms with van der Waals surface area (Å²) in [4.78, 5) is 38.9. The number of nitrogens with zero attached hydrogens (tertiary/aromatic N) is 2. The molecule has 0 aromatic heterocycles. The molecule has 0 saturated carbocycles. The summed E-state index contributed by atoms with van der Waals surface area (Å²) in [5.74, 6) is -2.57. The molecule has 0 aliphatic carbocycles. The third kappa shape index (κ3) is 23.3. The number of hydrazine groups is 1.